The van der Waals surface area contributed by atoms with Crippen LogP contribution in [0.3, 0.4) is 0 Å². The van der Waals surface area contributed by atoms with Crippen molar-refractivity contribution in [3.63, 3.8) is 0 Å². The van der Waals surface area contributed by atoms with Crippen LogP contribution in [0.15, 0.2) is 23.3 Å². The molecule has 4 amide bonds. The van der Waals surface area contributed by atoms with E-state index in [2.05, 4.69) is 0 Å². The molecule has 37 heavy (non-hydrogen) atoms. The van der Waals surface area contributed by atoms with E-state index in [1.54, 1.807) is 26.4 Å². The predicted molar refractivity (Wildman–Crippen MR) is 127 cm³/mol. The molecule has 0 aromatic heterocycles. The van der Waals surface area contributed by atoms with Crippen LogP contribution in [-0.4, -0.2) is 133 Å². The minimum atomic E-state index is -4.83. The Hall–Kier alpha value is -2.27. The van der Waals surface area contributed by atoms with E-state index in [1.165, 1.54) is 24.0 Å². The quantitative estimate of drug-likeness (QED) is 0.280. The molecule has 4 bridgehead atoms. The number of ether oxygens (including phenoxy) is 4. The molecule has 4 atom stereocenters. The maximum absolute atomic E-state index is 13.1. The molecule has 0 aromatic carbocycles. The first-order chi connectivity index (χ1) is 17.7. The third-order valence-electron chi connectivity index (χ3n) is 6.84. The molecule has 208 valence electrons. The van der Waals surface area contributed by atoms with E-state index in [1.807, 2.05) is 0 Å². The van der Waals surface area contributed by atoms with E-state index in [9.17, 15) is 18.0 Å². The summed E-state index contributed by atoms with van der Waals surface area (Å²) in [6, 6.07) is -3.34. The van der Waals surface area contributed by atoms with Gasteiger partial charge in [-0.1, -0.05) is 12.2 Å². The van der Waals surface area contributed by atoms with Crippen molar-refractivity contribution in [2.75, 3.05) is 68.0 Å². The highest BCUT2D eigenvalue weighted by Gasteiger charge is 2.50. The van der Waals surface area contributed by atoms with E-state index < -0.39 is 34.5 Å². The Balaban J connectivity index is 1.49. The lowest BCUT2D eigenvalue weighted by Crippen LogP contribution is -2.44. The Morgan fingerprint density at radius 3 is 1.49 bits per heavy atom. The molecule has 0 aliphatic carbocycles. The van der Waals surface area contributed by atoms with E-state index in [4.69, 9.17) is 27.5 Å². The van der Waals surface area contributed by atoms with Crippen LogP contribution < -0.4 is 0 Å². The number of hydroxylamine groups is 4. The molecule has 0 spiro atoms. The number of fused-ring (bicyclic) bond motifs is 4. The van der Waals surface area contributed by atoms with Crippen molar-refractivity contribution in [2.24, 2.45) is 0 Å². The van der Waals surface area contributed by atoms with Gasteiger partial charge in [-0.15, -0.1) is 8.57 Å². The van der Waals surface area contributed by atoms with E-state index in [0.717, 1.165) is 21.3 Å². The Kier molecular flexibility index (Phi) is 8.73. The third-order valence-corrected chi connectivity index (χ3v) is 7.53. The van der Waals surface area contributed by atoms with Crippen LogP contribution in [0.5, 0.6) is 0 Å². The van der Waals surface area contributed by atoms with Gasteiger partial charge in [0.05, 0.1) is 37.4 Å². The zero-order chi connectivity index (χ0) is 26.7. The molecule has 2 fully saturated rings. The van der Waals surface area contributed by atoms with Crippen LogP contribution in [0.1, 0.15) is 12.8 Å². The highest BCUT2D eigenvalue weighted by Crippen LogP contribution is 2.34. The number of carbonyl (C=O) groups is 2. The van der Waals surface area contributed by atoms with Crippen LogP contribution in [0.25, 0.3) is 0 Å². The number of nitrogens with zero attached hydrogens (tertiary/aromatic N) is 4. The van der Waals surface area contributed by atoms with Gasteiger partial charge < -0.3 is 28.7 Å². The molecule has 4 rings (SSSR count). The molecule has 15 heteroatoms. The number of carbonyl (C=O) groups excluding carboxylic acids is 2. The lowest BCUT2D eigenvalue weighted by Gasteiger charge is -2.31. The summed E-state index contributed by atoms with van der Waals surface area (Å²) in [6.07, 6.45) is 4.67. The number of amides is 4. The molecule has 0 saturated carbocycles. The molecule has 4 aliphatic heterocycles. The van der Waals surface area contributed by atoms with Crippen molar-refractivity contribution in [2.45, 2.75) is 37.0 Å². The lowest BCUT2D eigenvalue weighted by atomic mass is 9.97. The van der Waals surface area contributed by atoms with Gasteiger partial charge in [-0.25, -0.2) is 9.59 Å². The van der Waals surface area contributed by atoms with Gasteiger partial charge in [0, 0.05) is 54.7 Å². The zero-order valence-electron chi connectivity index (χ0n) is 21.4. The molecule has 4 heterocycles. The highest BCUT2D eigenvalue weighted by atomic mass is 32.3. The van der Waals surface area contributed by atoms with Crippen molar-refractivity contribution in [3.8, 4) is 0 Å². The lowest BCUT2D eigenvalue weighted by molar-refractivity contribution is -0.0726. The number of rotatable bonds is 14. The summed E-state index contributed by atoms with van der Waals surface area (Å²) in [6.45, 7) is 1.80. The highest BCUT2D eigenvalue weighted by molar-refractivity contribution is 7.81. The second-order valence-electron chi connectivity index (χ2n) is 9.12. The second-order valence-corrected chi connectivity index (χ2v) is 10.2. The van der Waals surface area contributed by atoms with E-state index in [-0.39, 0.29) is 38.4 Å². The monoisotopic (exact) mass is 546 g/mol. The number of hydrogen-bond donors (Lipinski definition) is 0. The Bertz CT molecular complexity index is 960. The van der Waals surface area contributed by atoms with E-state index >= 15 is 0 Å². The van der Waals surface area contributed by atoms with Crippen molar-refractivity contribution < 1.29 is 45.5 Å². The molecule has 2 saturated heterocycles. The molecule has 0 radical (unpaired) electrons. The van der Waals surface area contributed by atoms with Crippen molar-refractivity contribution >= 4 is 22.5 Å². The fourth-order valence-corrected chi connectivity index (χ4v) is 5.93. The first kappa shape index (κ1) is 27.8. The summed E-state index contributed by atoms with van der Waals surface area (Å²) in [5.41, 5.74) is 1.76. The fraction of sp³-hybridized carbons (Fsp3) is 0.727. The molecule has 0 aromatic rings. The first-order valence-corrected chi connectivity index (χ1v) is 13.3. The summed E-state index contributed by atoms with van der Waals surface area (Å²) < 4.78 is 57.0. The fourth-order valence-electron chi connectivity index (χ4n) is 5.16. The number of hydrogen-bond acceptors (Lipinski definition) is 10. The predicted octanol–water partition coefficient (Wildman–Crippen LogP) is 0.290. The maximum Gasteiger partial charge on any atom is 0.442 e. The van der Waals surface area contributed by atoms with E-state index in [0.29, 0.717) is 26.1 Å². The average Bonchev–Trinajstić information content (AvgIpc) is 3.26. The third kappa shape index (κ3) is 5.62. The smallest absolute Gasteiger partial charge is 0.384 e. The van der Waals surface area contributed by atoms with Gasteiger partial charge in [0.15, 0.2) is 0 Å². The van der Waals surface area contributed by atoms with Gasteiger partial charge in [0.2, 0.25) is 0 Å². The van der Waals surface area contributed by atoms with Crippen molar-refractivity contribution in [1.29, 1.82) is 0 Å². The molecule has 4 unspecified atom stereocenters. The standard InChI is InChI=1S/C22H34N4O10S/c1-31-7-5-15-9-17-11-23(19(15)13-33-3)21(27)25(17)35-37(29,30)36-26-18-10-16(6-8-32-2)20(14-34-4)24(12-18)22(26)28/h9-10,17-20H,5-8,11-14H2,1-4H3. The molecule has 4 aliphatic rings. The Morgan fingerprint density at radius 2 is 1.14 bits per heavy atom. The topological polar surface area (TPSA) is 137 Å². The van der Waals surface area contributed by atoms with Crippen LogP contribution in [0.2, 0.25) is 0 Å². The van der Waals surface area contributed by atoms with Gasteiger partial charge in [-0.05, 0) is 24.0 Å². The normalized spacial score (nSPS) is 27.4. The van der Waals surface area contributed by atoms with Gasteiger partial charge in [-0.2, -0.15) is 18.5 Å². The van der Waals surface area contributed by atoms with Crippen molar-refractivity contribution in [1.82, 2.24) is 19.9 Å². The van der Waals surface area contributed by atoms with Crippen LogP contribution >= 0.6 is 0 Å². The first-order valence-electron chi connectivity index (χ1n) is 11.9. The zero-order valence-corrected chi connectivity index (χ0v) is 22.2. The van der Waals surface area contributed by atoms with Gasteiger partial charge >= 0.3 is 22.5 Å². The molecule has 0 N–H and O–H groups in total. The minimum Gasteiger partial charge on any atom is -0.384 e. The minimum absolute atomic E-state index is 0.224. The van der Waals surface area contributed by atoms with Crippen molar-refractivity contribution in [3.05, 3.63) is 23.3 Å². The maximum atomic E-state index is 13.1. The second kappa shape index (κ2) is 11.6. The SMILES string of the molecule is COCCC1=CC2CN(C(=O)N2OS(=O)(=O)ON2C(=O)N3CC2C=C(CCOC)C3COC)C1COC. The van der Waals surface area contributed by atoms with Crippen LogP contribution in [0, 0.1) is 0 Å². The molecule has 14 nitrogen and oxygen atoms in total. The average molecular weight is 547 g/mol. The number of methoxy groups -OCH3 is 4. The largest absolute Gasteiger partial charge is 0.442 e. The number of urea groups is 2. The van der Waals surface area contributed by atoms with Gasteiger partial charge in [0.1, 0.15) is 0 Å². The van der Waals surface area contributed by atoms with Gasteiger partial charge in [-0.3, -0.25) is 0 Å². The molecular formula is C22H34N4O10S. The summed E-state index contributed by atoms with van der Waals surface area (Å²) in [5, 5.41) is 1.52. The summed E-state index contributed by atoms with van der Waals surface area (Å²) in [5.74, 6) is 0. The van der Waals surface area contributed by atoms with Crippen LogP contribution in [-0.2, 0) is 37.9 Å². The Morgan fingerprint density at radius 1 is 0.730 bits per heavy atom. The van der Waals surface area contributed by atoms with Crippen LogP contribution in [0.4, 0.5) is 9.59 Å². The summed E-state index contributed by atoms with van der Waals surface area (Å²) >= 11 is 0. The Labute approximate surface area is 216 Å². The molecular weight excluding hydrogens is 512 g/mol. The summed E-state index contributed by atoms with van der Waals surface area (Å²) in [7, 11) is 1.37. The summed E-state index contributed by atoms with van der Waals surface area (Å²) in [4.78, 5) is 29.1. The van der Waals surface area contributed by atoms with Gasteiger partial charge in [0.25, 0.3) is 0 Å².